The minimum absolute atomic E-state index is 0.0853. The summed E-state index contributed by atoms with van der Waals surface area (Å²) in [5.74, 6) is -0.120. The van der Waals surface area contributed by atoms with E-state index in [0.29, 0.717) is 22.6 Å². The van der Waals surface area contributed by atoms with Gasteiger partial charge < -0.3 is 19.5 Å². The second-order valence-corrected chi connectivity index (χ2v) is 8.76. The molecule has 2 amide bonds. The molecule has 38 heavy (non-hydrogen) atoms. The Bertz CT molecular complexity index is 1360. The lowest BCUT2D eigenvalue weighted by atomic mass is 10.0. The van der Waals surface area contributed by atoms with Gasteiger partial charge in [0.2, 0.25) is 6.79 Å². The molecular formula is C27H26N4O7. The van der Waals surface area contributed by atoms with Crippen LogP contribution in [0.1, 0.15) is 35.3 Å². The maximum Gasteiger partial charge on any atom is 0.311 e. The number of amides is 2. The van der Waals surface area contributed by atoms with Crippen molar-refractivity contribution in [3.8, 4) is 17.2 Å². The number of nitro groups is 1. The molecule has 0 radical (unpaired) electrons. The number of ether oxygens (including phenoxy) is 3. The standard InChI is InChI=1S/C27H26N4O7/c1-17(2)25(29-26(32)20-9-11-23-24(13-20)38-16-37-23)27(33)30-28-14-19-8-10-22(21(12-19)31(34)35)36-15-18-6-4-3-5-7-18/h3-14,17,25H,15-16H2,1-2H3,(H,29,32)(H,30,33)/b28-14+/t25-/m0/s1. The quantitative estimate of drug-likeness (QED) is 0.236. The Balaban J connectivity index is 1.38. The van der Waals surface area contributed by atoms with Crippen molar-refractivity contribution in [2.24, 2.45) is 11.0 Å². The second-order valence-electron chi connectivity index (χ2n) is 8.76. The summed E-state index contributed by atoms with van der Waals surface area (Å²) in [5.41, 5.74) is 3.74. The van der Waals surface area contributed by atoms with Gasteiger partial charge in [-0.05, 0) is 41.8 Å². The molecule has 0 saturated carbocycles. The summed E-state index contributed by atoms with van der Waals surface area (Å²) in [4.78, 5) is 36.5. The molecule has 11 heteroatoms. The maximum atomic E-state index is 12.8. The molecule has 1 aliphatic heterocycles. The molecular weight excluding hydrogens is 492 g/mol. The van der Waals surface area contributed by atoms with Crippen molar-refractivity contribution in [1.29, 1.82) is 0 Å². The molecule has 1 aliphatic rings. The summed E-state index contributed by atoms with van der Waals surface area (Å²) in [6, 6.07) is 17.5. The molecule has 1 heterocycles. The number of carbonyl (C=O) groups excluding carboxylic acids is 2. The molecule has 11 nitrogen and oxygen atoms in total. The molecule has 0 bridgehead atoms. The van der Waals surface area contributed by atoms with Crippen LogP contribution < -0.4 is 25.0 Å². The SMILES string of the molecule is CC(C)[C@H](NC(=O)c1ccc2c(c1)OCO2)C(=O)N/N=C/c1ccc(OCc2ccccc2)c([N+](=O)[O-])c1. The Labute approximate surface area is 218 Å². The van der Waals surface area contributed by atoms with Crippen LogP contribution in [0.2, 0.25) is 0 Å². The Hall–Kier alpha value is -4.93. The molecule has 3 aromatic carbocycles. The van der Waals surface area contributed by atoms with Crippen LogP contribution in [0.3, 0.4) is 0 Å². The average Bonchev–Trinajstić information content (AvgIpc) is 3.39. The normalized spacial score (nSPS) is 12.8. The highest BCUT2D eigenvalue weighted by Gasteiger charge is 2.25. The van der Waals surface area contributed by atoms with E-state index in [1.165, 1.54) is 18.3 Å². The topological polar surface area (TPSA) is 141 Å². The number of hydrogen-bond acceptors (Lipinski definition) is 8. The number of nitro benzene ring substituents is 1. The van der Waals surface area contributed by atoms with Gasteiger partial charge in [0.05, 0.1) is 11.1 Å². The lowest BCUT2D eigenvalue weighted by molar-refractivity contribution is -0.385. The molecule has 0 aromatic heterocycles. The first-order valence-electron chi connectivity index (χ1n) is 11.8. The predicted octanol–water partition coefficient (Wildman–Crippen LogP) is 3.81. The molecule has 4 rings (SSSR count). The Kier molecular flexibility index (Phi) is 8.17. The molecule has 0 spiro atoms. The van der Waals surface area contributed by atoms with Gasteiger partial charge in [0.15, 0.2) is 17.2 Å². The van der Waals surface area contributed by atoms with Crippen LogP contribution in [-0.4, -0.2) is 35.8 Å². The average molecular weight is 519 g/mol. The Morgan fingerprint density at radius 1 is 1.08 bits per heavy atom. The van der Waals surface area contributed by atoms with Gasteiger partial charge in [0.25, 0.3) is 11.8 Å². The zero-order valence-corrected chi connectivity index (χ0v) is 20.7. The number of benzene rings is 3. The molecule has 0 aliphatic carbocycles. The van der Waals surface area contributed by atoms with E-state index >= 15 is 0 Å². The number of hydrazone groups is 1. The number of nitrogens with one attached hydrogen (secondary N) is 2. The van der Waals surface area contributed by atoms with E-state index in [-0.39, 0.29) is 30.8 Å². The summed E-state index contributed by atoms with van der Waals surface area (Å²) < 4.78 is 16.2. The van der Waals surface area contributed by atoms with E-state index in [4.69, 9.17) is 14.2 Å². The van der Waals surface area contributed by atoms with Crippen LogP contribution in [-0.2, 0) is 11.4 Å². The Morgan fingerprint density at radius 2 is 1.84 bits per heavy atom. The third-order valence-corrected chi connectivity index (χ3v) is 5.68. The third-order valence-electron chi connectivity index (χ3n) is 5.68. The molecule has 3 aromatic rings. The number of fused-ring (bicyclic) bond motifs is 1. The first-order chi connectivity index (χ1) is 18.3. The maximum absolute atomic E-state index is 12.8. The van der Waals surface area contributed by atoms with E-state index in [0.717, 1.165) is 5.56 Å². The highest BCUT2D eigenvalue weighted by atomic mass is 16.7. The van der Waals surface area contributed by atoms with E-state index in [2.05, 4.69) is 15.8 Å². The van der Waals surface area contributed by atoms with Crippen LogP contribution in [0.4, 0.5) is 5.69 Å². The van der Waals surface area contributed by atoms with Crippen LogP contribution in [0.25, 0.3) is 0 Å². The van der Waals surface area contributed by atoms with Gasteiger partial charge in [-0.15, -0.1) is 0 Å². The summed E-state index contributed by atoms with van der Waals surface area (Å²) in [6.45, 7) is 3.83. The smallest absolute Gasteiger partial charge is 0.311 e. The fourth-order valence-electron chi connectivity index (χ4n) is 3.65. The first kappa shape index (κ1) is 26.1. The van der Waals surface area contributed by atoms with Gasteiger partial charge in [0.1, 0.15) is 12.6 Å². The van der Waals surface area contributed by atoms with Gasteiger partial charge in [-0.2, -0.15) is 5.10 Å². The molecule has 0 saturated heterocycles. The van der Waals surface area contributed by atoms with Gasteiger partial charge in [-0.3, -0.25) is 19.7 Å². The highest BCUT2D eigenvalue weighted by Crippen LogP contribution is 2.32. The number of rotatable bonds is 10. The monoisotopic (exact) mass is 518 g/mol. The minimum Gasteiger partial charge on any atom is -0.482 e. The minimum atomic E-state index is -0.881. The molecule has 1 atom stereocenters. The van der Waals surface area contributed by atoms with Crippen molar-refractivity contribution in [2.75, 3.05) is 6.79 Å². The zero-order chi connectivity index (χ0) is 27.1. The fourth-order valence-corrected chi connectivity index (χ4v) is 3.65. The van der Waals surface area contributed by atoms with Crippen LogP contribution >= 0.6 is 0 Å². The molecule has 0 unspecified atom stereocenters. The van der Waals surface area contributed by atoms with Crippen LogP contribution in [0.5, 0.6) is 17.2 Å². The predicted molar refractivity (Wildman–Crippen MR) is 138 cm³/mol. The lowest BCUT2D eigenvalue weighted by Gasteiger charge is -2.20. The summed E-state index contributed by atoms with van der Waals surface area (Å²) >= 11 is 0. The van der Waals surface area contributed by atoms with Crippen molar-refractivity contribution < 1.29 is 28.7 Å². The van der Waals surface area contributed by atoms with Crippen LogP contribution in [0, 0.1) is 16.0 Å². The molecule has 0 fully saturated rings. The summed E-state index contributed by atoms with van der Waals surface area (Å²) in [7, 11) is 0. The van der Waals surface area contributed by atoms with E-state index in [1.807, 2.05) is 30.3 Å². The number of nitrogens with zero attached hydrogens (tertiary/aromatic N) is 2. The van der Waals surface area contributed by atoms with Gasteiger partial charge in [-0.1, -0.05) is 44.2 Å². The largest absolute Gasteiger partial charge is 0.482 e. The van der Waals surface area contributed by atoms with Crippen molar-refractivity contribution in [1.82, 2.24) is 10.7 Å². The second kappa shape index (κ2) is 11.9. The van der Waals surface area contributed by atoms with Crippen molar-refractivity contribution in [3.05, 3.63) is 93.5 Å². The fraction of sp³-hybridized carbons (Fsp3) is 0.222. The molecule has 2 N–H and O–H groups in total. The zero-order valence-electron chi connectivity index (χ0n) is 20.7. The highest BCUT2D eigenvalue weighted by molar-refractivity contribution is 5.98. The van der Waals surface area contributed by atoms with E-state index < -0.39 is 22.8 Å². The summed E-state index contributed by atoms with van der Waals surface area (Å²) in [6.07, 6.45) is 1.28. The third kappa shape index (κ3) is 6.44. The van der Waals surface area contributed by atoms with Gasteiger partial charge >= 0.3 is 5.69 Å². The number of hydrogen-bond donors (Lipinski definition) is 2. The van der Waals surface area contributed by atoms with Crippen LogP contribution in [0.15, 0.2) is 71.8 Å². The lowest BCUT2D eigenvalue weighted by Crippen LogP contribution is -2.48. The molecule has 196 valence electrons. The van der Waals surface area contributed by atoms with Gasteiger partial charge in [0, 0.05) is 17.2 Å². The van der Waals surface area contributed by atoms with E-state index in [1.54, 1.807) is 38.1 Å². The van der Waals surface area contributed by atoms with Crippen molar-refractivity contribution in [3.63, 3.8) is 0 Å². The number of carbonyl (C=O) groups is 2. The van der Waals surface area contributed by atoms with Gasteiger partial charge in [-0.25, -0.2) is 5.43 Å². The van der Waals surface area contributed by atoms with E-state index in [9.17, 15) is 19.7 Å². The summed E-state index contributed by atoms with van der Waals surface area (Å²) in [5, 5.41) is 18.2. The van der Waals surface area contributed by atoms with Crippen molar-refractivity contribution in [2.45, 2.75) is 26.5 Å². The van der Waals surface area contributed by atoms with Crippen molar-refractivity contribution >= 4 is 23.7 Å². The first-order valence-corrected chi connectivity index (χ1v) is 11.8. The Morgan fingerprint density at radius 3 is 2.58 bits per heavy atom.